The van der Waals surface area contributed by atoms with Crippen LogP contribution in [0, 0.1) is 29.6 Å². The van der Waals surface area contributed by atoms with Gasteiger partial charge in [-0.2, -0.15) is 0 Å². The maximum atomic E-state index is 3.69. The van der Waals surface area contributed by atoms with Crippen LogP contribution in [0.1, 0.15) is 42.7 Å². The van der Waals surface area contributed by atoms with Crippen LogP contribution in [0.4, 0.5) is 0 Å². The highest BCUT2D eigenvalue weighted by Gasteiger charge is 2.66. The minimum atomic E-state index is 0.784. The van der Waals surface area contributed by atoms with Crippen LogP contribution >= 0.6 is 0 Å². The third-order valence-corrected chi connectivity index (χ3v) is 7.13. The quantitative estimate of drug-likeness (QED) is 0.879. The number of benzene rings is 1. The Morgan fingerprint density at radius 2 is 1.90 bits per heavy atom. The zero-order valence-corrected chi connectivity index (χ0v) is 12.4. The van der Waals surface area contributed by atoms with Gasteiger partial charge in [0.25, 0.3) is 0 Å². The molecule has 1 heteroatoms. The van der Waals surface area contributed by atoms with Gasteiger partial charge in [-0.15, -0.1) is 0 Å². The summed E-state index contributed by atoms with van der Waals surface area (Å²) in [6, 6.07) is 9.85. The summed E-state index contributed by atoms with van der Waals surface area (Å²) >= 11 is 0. The zero-order chi connectivity index (χ0) is 13.3. The molecular weight excluding hydrogens is 242 g/mol. The molecule has 5 rings (SSSR count). The summed E-state index contributed by atoms with van der Waals surface area (Å²) in [5.74, 6) is 6.31. The van der Waals surface area contributed by atoms with E-state index in [9.17, 15) is 0 Å². The van der Waals surface area contributed by atoms with Crippen molar-refractivity contribution in [2.75, 3.05) is 7.05 Å². The largest absolute Gasteiger partial charge is 0.317 e. The Kier molecular flexibility index (Phi) is 2.42. The molecule has 0 aromatic heterocycles. The monoisotopic (exact) mass is 267 g/mol. The van der Waals surface area contributed by atoms with Gasteiger partial charge in [0.2, 0.25) is 0 Å². The average Bonchev–Trinajstić information content (AvgIpc) is 2.88. The van der Waals surface area contributed by atoms with Crippen molar-refractivity contribution in [3.63, 3.8) is 0 Å². The molecule has 3 saturated carbocycles. The lowest BCUT2D eigenvalue weighted by Crippen LogP contribution is -2.34. The zero-order valence-electron chi connectivity index (χ0n) is 12.4. The molecule has 6 unspecified atom stereocenters. The molecular formula is C19H25N. The molecule has 1 aromatic rings. The number of nitrogens with one attached hydrogen (secondary N) is 1. The van der Waals surface area contributed by atoms with E-state index in [1.54, 1.807) is 30.4 Å². The molecule has 0 spiro atoms. The summed E-state index contributed by atoms with van der Waals surface area (Å²) in [6.45, 7) is 0. The molecule has 0 heterocycles. The molecule has 20 heavy (non-hydrogen) atoms. The Morgan fingerprint density at radius 3 is 2.60 bits per heavy atom. The molecule has 0 saturated heterocycles. The van der Waals surface area contributed by atoms with Gasteiger partial charge < -0.3 is 5.32 Å². The van der Waals surface area contributed by atoms with Crippen molar-refractivity contribution < 1.29 is 0 Å². The van der Waals surface area contributed by atoms with Gasteiger partial charge >= 0.3 is 0 Å². The molecule has 0 aliphatic heterocycles. The van der Waals surface area contributed by atoms with Gasteiger partial charge in [-0.3, -0.25) is 0 Å². The van der Waals surface area contributed by atoms with Crippen LogP contribution in [0.15, 0.2) is 24.3 Å². The lowest BCUT2D eigenvalue weighted by molar-refractivity contribution is 0.337. The SMILES string of the molecule is CNC(CC1Cc2ccccc21)C1C2C3CCC(C3)C21. The van der Waals surface area contributed by atoms with Gasteiger partial charge in [0.15, 0.2) is 0 Å². The van der Waals surface area contributed by atoms with Crippen LogP contribution in [0.5, 0.6) is 0 Å². The summed E-state index contributed by atoms with van der Waals surface area (Å²) in [5.41, 5.74) is 3.24. The fraction of sp³-hybridized carbons (Fsp3) is 0.684. The van der Waals surface area contributed by atoms with Crippen molar-refractivity contribution >= 4 is 0 Å². The van der Waals surface area contributed by atoms with E-state index in [0.29, 0.717) is 0 Å². The highest BCUT2D eigenvalue weighted by atomic mass is 14.9. The van der Waals surface area contributed by atoms with Crippen LogP contribution in [0.25, 0.3) is 0 Å². The Labute approximate surface area is 122 Å². The van der Waals surface area contributed by atoms with Crippen molar-refractivity contribution in [2.45, 2.75) is 44.1 Å². The molecule has 2 bridgehead atoms. The first-order valence-corrected chi connectivity index (χ1v) is 8.62. The summed E-state index contributed by atoms with van der Waals surface area (Å²) < 4.78 is 0. The fourth-order valence-electron chi connectivity index (χ4n) is 6.28. The van der Waals surface area contributed by atoms with Crippen molar-refractivity contribution in [1.29, 1.82) is 0 Å². The molecule has 1 nitrogen and oxygen atoms in total. The van der Waals surface area contributed by atoms with Crippen LogP contribution in [-0.4, -0.2) is 13.1 Å². The van der Waals surface area contributed by atoms with E-state index < -0.39 is 0 Å². The van der Waals surface area contributed by atoms with E-state index in [1.807, 2.05) is 0 Å². The van der Waals surface area contributed by atoms with Crippen molar-refractivity contribution in [2.24, 2.45) is 29.6 Å². The van der Waals surface area contributed by atoms with Crippen LogP contribution in [0.3, 0.4) is 0 Å². The molecule has 106 valence electrons. The van der Waals surface area contributed by atoms with Crippen LogP contribution in [-0.2, 0) is 6.42 Å². The van der Waals surface area contributed by atoms with Gasteiger partial charge in [0.05, 0.1) is 0 Å². The topological polar surface area (TPSA) is 12.0 Å². The number of hydrogen-bond acceptors (Lipinski definition) is 1. The van der Waals surface area contributed by atoms with Gasteiger partial charge in [-0.25, -0.2) is 0 Å². The summed E-state index contributed by atoms with van der Waals surface area (Å²) in [5, 5.41) is 3.69. The van der Waals surface area contributed by atoms with Gasteiger partial charge in [0.1, 0.15) is 0 Å². The normalized spacial score (nSPS) is 44.6. The molecule has 0 amide bonds. The third-order valence-electron chi connectivity index (χ3n) is 7.13. The first kappa shape index (κ1) is 11.8. The summed E-state index contributed by atoms with van der Waals surface area (Å²) in [6.07, 6.45) is 7.37. The molecule has 4 aliphatic rings. The van der Waals surface area contributed by atoms with E-state index >= 15 is 0 Å². The number of rotatable bonds is 4. The molecule has 6 atom stereocenters. The molecule has 1 N–H and O–H groups in total. The van der Waals surface area contributed by atoms with Gasteiger partial charge in [-0.05, 0) is 85.8 Å². The standard InChI is InChI=1S/C19H25N/c1-20-16(10-14-8-11-4-2-3-5-15(11)14)19-17-12-6-7-13(9-12)18(17)19/h2-5,12-14,16-20H,6-10H2,1H3. The van der Waals surface area contributed by atoms with E-state index in [2.05, 4.69) is 36.6 Å². The van der Waals surface area contributed by atoms with Gasteiger partial charge in [0, 0.05) is 6.04 Å². The van der Waals surface area contributed by atoms with Crippen molar-refractivity contribution in [3.05, 3.63) is 35.4 Å². The Balaban J connectivity index is 1.30. The first-order valence-electron chi connectivity index (χ1n) is 8.62. The minimum Gasteiger partial charge on any atom is -0.317 e. The molecule has 4 aliphatic carbocycles. The summed E-state index contributed by atoms with van der Waals surface area (Å²) in [7, 11) is 2.20. The molecule has 0 radical (unpaired) electrons. The Bertz CT molecular complexity index is 520. The first-order chi connectivity index (χ1) is 9.86. The lowest BCUT2D eigenvalue weighted by Gasteiger charge is -2.34. The maximum Gasteiger partial charge on any atom is 0.0104 e. The predicted molar refractivity (Wildman–Crippen MR) is 81.7 cm³/mol. The van der Waals surface area contributed by atoms with Crippen molar-refractivity contribution in [1.82, 2.24) is 5.32 Å². The second kappa shape index (κ2) is 4.10. The third kappa shape index (κ3) is 1.48. The second-order valence-electron chi connectivity index (χ2n) is 7.80. The Hall–Kier alpha value is -0.820. The molecule has 3 fully saturated rings. The second-order valence-corrected chi connectivity index (χ2v) is 7.80. The summed E-state index contributed by atoms with van der Waals surface area (Å²) in [4.78, 5) is 0. The van der Waals surface area contributed by atoms with Gasteiger partial charge in [-0.1, -0.05) is 24.3 Å². The van der Waals surface area contributed by atoms with Crippen LogP contribution in [0.2, 0.25) is 0 Å². The average molecular weight is 267 g/mol. The molecule has 1 aromatic carbocycles. The minimum absolute atomic E-state index is 0.784. The fourth-order valence-corrected chi connectivity index (χ4v) is 6.28. The van der Waals surface area contributed by atoms with Crippen molar-refractivity contribution in [3.8, 4) is 0 Å². The Morgan fingerprint density at radius 1 is 1.15 bits per heavy atom. The number of hydrogen-bond donors (Lipinski definition) is 1. The van der Waals surface area contributed by atoms with E-state index in [4.69, 9.17) is 0 Å². The van der Waals surface area contributed by atoms with E-state index in [1.165, 1.54) is 12.8 Å². The highest BCUT2D eigenvalue weighted by molar-refractivity contribution is 5.40. The lowest BCUT2D eigenvalue weighted by atomic mass is 9.73. The predicted octanol–water partition coefficient (Wildman–Crippen LogP) is 3.60. The van der Waals surface area contributed by atoms with E-state index in [-0.39, 0.29) is 0 Å². The smallest absolute Gasteiger partial charge is 0.0104 e. The van der Waals surface area contributed by atoms with E-state index in [0.717, 1.165) is 41.5 Å². The maximum absolute atomic E-state index is 3.69. The van der Waals surface area contributed by atoms with Crippen LogP contribution < -0.4 is 5.32 Å². The highest BCUT2D eigenvalue weighted by Crippen LogP contribution is 2.70. The number of fused-ring (bicyclic) bond motifs is 6.